The number of benzene rings is 1. The summed E-state index contributed by atoms with van der Waals surface area (Å²) in [7, 11) is 0. The van der Waals surface area contributed by atoms with Crippen molar-refractivity contribution in [3.8, 4) is 5.75 Å². The summed E-state index contributed by atoms with van der Waals surface area (Å²) < 4.78 is 18.3. The Balaban J connectivity index is 2.64. The Morgan fingerprint density at radius 3 is 2.93 bits per heavy atom. The molecule has 0 aromatic heterocycles. The highest BCUT2D eigenvalue weighted by Crippen LogP contribution is 2.17. The van der Waals surface area contributed by atoms with E-state index in [1.54, 1.807) is 11.8 Å². The molecule has 0 N–H and O–H groups in total. The molecule has 0 saturated carbocycles. The van der Waals surface area contributed by atoms with E-state index in [-0.39, 0.29) is 5.75 Å². The summed E-state index contributed by atoms with van der Waals surface area (Å²) in [4.78, 5) is 10.3. The summed E-state index contributed by atoms with van der Waals surface area (Å²) in [5.74, 6) is 0.523. The lowest BCUT2D eigenvalue weighted by Crippen LogP contribution is -2.01. The van der Waals surface area contributed by atoms with Crippen LogP contribution in [0.3, 0.4) is 0 Å². The van der Waals surface area contributed by atoms with E-state index in [0.717, 1.165) is 5.75 Å². The van der Waals surface area contributed by atoms with Crippen molar-refractivity contribution in [3.05, 3.63) is 29.6 Å². The van der Waals surface area contributed by atoms with Crippen LogP contribution in [0.15, 0.2) is 18.2 Å². The fraction of sp³-hybridized carbons (Fsp3) is 0.300. The third-order valence-corrected chi connectivity index (χ3v) is 2.21. The van der Waals surface area contributed by atoms with Gasteiger partial charge in [-0.3, -0.25) is 4.79 Å². The minimum absolute atomic E-state index is 0.199. The highest BCUT2D eigenvalue weighted by molar-refractivity contribution is 7.98. The summed E-state index contributed by atoms with van der Waals surface area (Å²) in [5.41, 5.74) is 0.319. The number of aldehydes is 1. The molecule has 0 spiro atoms. The lowest BCUT2D eigenvalue weighted by Gasteiger charge is -2.05. The molecular formula is C10H11FO2S. The van der Waals surface area contributed by atoms with Crippen LogP contribution in [0.2, 0.25) is 0 Å². The van der Waals surface area contributed by atoms with Crippen LogP contribution in [0, 0.1) is 5.82 Å². The smallest absolute Gasteiger partial charge is 0.165 e. The third kappa shape index (κ3) is 3.03. The molecule has 76 valence electrons. The zero-order chi connectivity index (χ0) is 10.4. The van der Waals surface area contributed by atoms with Crippen LogP contribution in [0.4, 0.5) is 4.39 Å². The van der Waals surface area contributed by atoms with Gasteiger partial charge in [0.1, 0.15) is 6.29 Å². The fourth-order valence-corrected chi connectivity index (χ4v) is 1.19. The van der Waals surface area contributed by atoms with Gasteiger partial charge in [-0.05, 0) is 24.5 Å². The number of hydrogen-bond acceptors (Lipinski definition) is 3. The second-order valence-electron chi connectivity index (χ2n) is 2.65. The maximum absolute atomic E-state index is 13.2. The largest absolute Gasteiger partial charge is 0.490 e. The Kier molecular flexibility index (Phi) is 4.46. The predicted molar refractivity (Wildman–Crippen MR) is 55.7 cm³/mol. The van der Waals surface area contributed by atoms with Crippen LogP contribution >= 0.6 is 11.8 Å². The molecule has 14 heavy (non-hydrogen) atoms. The van der Waals surface area contributed by atoms with Crippen LogP contribution in [0.1, 0.15) is 10.4 Å². The van der Waals surface area contributed by atoms with Crippen molar-refractivity contribution in [1.82, 2.24) is 0 Å². The first-order valence-electron chi connectivity index (χ1n) is 4.14. The van der Waals surface area contributed by atoms with Crippen LogP contribution in [-0.4, -0.2) is 24.9 Å². The van der Waals surface area contributed by atoms with E-state index in [1.165, 1.54) is 18.2 Å². The number of carbonyl (C=O) groups is 1. The van der Waals surface area contributed by atoms with E-state index in [1.807, 2.05) is 6.26 Å². The Morgan fingerprint density at radius 2 is 2.36 bits per heavy atom. The Labute approximate surface area is 86.5 Å². The molecular weight excluding hydrogens is 203 g/mol. The molecule has 2 nitrogen and oxygen atoms in total. The van der Waals surface area contributed by atoms with Crippen LogP contribution < -0.4 is 4.74 Å². The zero-order valence-corrected chi connectivity index (χ0v) is 8.64. The molecule has 0 bridgehead atoms. The van der Waals surface area contributed by atoms with Crippen LogP contribution in [0.25, 0.3) is 0 Å². The van der Waals surface area contributed by atoms with Crippen molar-refractivity contribution in [2.24, 2.45) is 0 Å². The molecule has 0 unspecified atom stereocenters. The van der Waals surface area contributed by atoms with Gasteiger partial charge in [0.25, 0.3) is 0 Å². The summed E-state index contributed by atoms with van der Waals surface area (Å²) in [6.45, 7) is 0.471. The standard InChI is InChI=1S/C10H11FO2S/c1-14-5-4-13-10-3-2-8(7-12)6-9(10)11/h2-3,6-7H,4-5H2,1H3. The van der Waals surface area contributed by atoms with Crippen molar-refractivity contribution >= 4 is 18.0 Å². The molecule has 0 fully saturated rings. The molecule has 4 heteroatoms. The average molecular weight is 214 g/mol. The topological polar surface area (TPSA) is 26.3 Å². The number of thioether (sulfide) groups is 1. The molecule has 1 aromatic carbocycles. The first-order valence-corrected chi connectivity index (χ1v) is 5.53. The zero-order valence-electron chi connectivity index (χ0n) is 7.83. The van der Waals surface area contributed by atoms with Gasteiger partial charge in [0.2, 0.25) is 0 Å². The van der Waals surface area contributed by atoms with Gasteiger partial charge in [-0.1, -0.05) is 0 Å². The second kappa shape index (κ2) is 5.65. The first kappa shape index (κ1) is 11.0. The van der Waals surface area contributed by atoms with Crippen molar-refractivity contribution in [1.29, 1.82) is 0 Å². The van der Waals surface area contributed by atoms with Gasteiger partial charge in [-0.2, -0.15) is 11.8 Å². The molecule has 0 radical (unpaired) electrons. The lowest BCUT2D eigenvalue weighted by atomic mass is 10.2. The van der Waals surface area contributed by atoms with Crippen LogP contribution in [-0.2, 0) is 0 Å². The van der Waals surface area contributed by atoms with E-state index in [0.29, 0.717) is 18.5 Å². The number of halogens is 1. The molecule has 1 rings (SSSR count). The summed E-state index contributed by atoms with van der Waals surface area (Å²) in [6, 6.07) is 4.17. The van der Waals surface area contributed by atoms with Crippen LogP contribution in [0.5, 0.6) is 5.75 Å². The first-order chi connectivity index (χ1) is 6.77. The van der Waals surface area contributed by atoms with Crippen molar-refractivity contribution in [3.63, 3.8) is 0 Å². The summed E-state index contributed by atoms with van der Waals surface area (Å²) in [6.07, 6.45) is 2.56. The molecule has 0 saturated heterocycles. The normalized spacial score (nSPS) is 9.86. The monoisotopic (exact) mass is 214 g/mol. The number of carbonyl (C=O) groups excluding carboxylic acids is 1. The highest BCUT2D eigenvalue weighted by atomic mass is 32.2. The Bertz CT molecular complexity index is 315. The maximum atomic E-state index is 13.2. The van der Waals surface area contributed by atoms with E-state index in [2.05, 4.69) is 0 Å². The number of rotatable bonds is 5. The van der Waals surface area contributed by atoms with Gasteiger partial charge < -0.3 is 4.74 Å². The van der Waals surface area contributed by atoms with E-state index in [9.17, 15) is 9.18 Å². The molecule has 0 aliphatic carbocycles. The van der Waals surface area contributed by atoms with Gasteiger partial charge in [-0.25, -0.2) is 4.39 Å². The average Bonchev–Trinajstić information content (AvgIpc) is 2.20. The Morgan fingerprint density at radius 1 is 1.57 bits per heavy atom. The van der Waals surface area contributed by atoms with Gasteiger partial charge in [0, 0.05) is 11.3 Å². The quantitative estimate of drug-likeness (QED) is 0.556. The second-order valence-corrected chi connectivity index (χ2v) is 3.63. The van der Waals surface area contributed by atoms with E-state index < -0.39 is 5.82 Å². The van der Waals surface area contributed by atoms with Gasteiger partial charge in [0.15, 0.2) is 11.6 Å². The van der Waals surface area contributed by atoms with E-state index in [4.69, 9.17) is 4.74 Å². The minimum Gasteiger partial charge on any atom is -0.490 e. The minimum atomic E-state index is -0.490. The number of hydrogen-bond donors (Lipinski definition) is 0. The fourth-order valence-electron chi connectivity index (χ4n) is 0.942. The maximum Gasteiger partial charge on any atom is 0.165 e. The molecule has 0 atom stereocenters. The molecule has 1 aromatic rings. The van der Waals surface area contributed by atoms with Crippen molar-refractivity contribution in [2.45, 2.75) is 0 Å². The molecule has 0 heterocycles. The summed E-state index contributed by atoms with van der Waals surface area (Å²) in [5, 5.41) is 0. The van der Waals surface area contributed by atoms with Crippen molar-refractivity contribution in [2.75, 3.05) is 18.6 Å². The Hall–Kier alpha value is -1.03. The van der Waals surface area contributed by atoms with Gasteiger partial charge >= 0.3 is 0 Å². The third-order valence-electron chi connectivity index (χ3n) is 1.64. The van der Waals surface area contributed by atoms with Crippen molar-refractivity contribution < 1.29 is 13.9 Å². The number of ether oxygens (including phenoxy) is 1. The van der Waals surface area contributed by atoms with E-state index >= 15 is 0 Å². The summed E-state index contributed by atoms with van der Waals surface area (Å²) >= 11 is 1.63. The molecule has 0 aliphatic rings. The van der Waals surface area contributed by atoms with Gasteiger partial charge in [-0.15, -0.1) is 0 Å². The van der Waals surface area contributed by atoms with Gasteiger partial charge in [0.05, 0.1) is 6.61 Å². The highest BCUT2D eigenvalue weighted by Gasteiger charge is 2.03. The molecule has 0 aliphatic heterocycles. The predicted octanol–water partition coefficient (Wildman–Crippen LogP) is 2.38. The SMILES string of the molecule is CSCCOc1ccc(C=O)cc1F. The lowest BCUT2D eigenvalue weighted by molar-refractivity contribution is 0.112. The molecule has 0 amide bonds.